The first kappa shape index (κ1) is 25.0. The number of aliphatic hydroxyl groups is 1. The van der Waals surface area contributed by atoms with Gasteiger partial charge in [-0.3, -0.25) is 10.2 Å². The van der Waals surface area contributed by atoms with Crippen molar-refractivity contribution in [3.63, 3.8) is 0 Å². The molecule has 5 rings (SSSR count). The van der Waals surface area contributed by atoms with Crippen LogP contribution in [-0.2, 0) is 10.5 Å². The van der Waals surface area contributed by atoms with E-state index < -0.39 is 23.7 Å². The van der Waals surface area contributed by atoms with E-state index in [0.717, 1.165) is 11.1 Å². The predicted octanol–water partition coefficient (Wildman–Crippen LogP) is 3.87. The highest BCUT2D eigenvalue weighted by atomic mass is 19.1. The molecule has 3 heterocycles. The summed E-state index contributed by atoms with van der Waals surface area (Å²) in [6.45, 7) is 7.93. The Morgan fingerprint density at radius 1 is 1.22 bits per heavy atom. The molecule has 0 bridgehead atoms. The third kappa shape index (κ3) is 4.71. The smallest absolute Gasteiger partial charge is 0.234 e. The van der Waals surface area contributed by atoms with Gasteiger partial charge >= 0.3 is 0 Å². The molecule has 0 radical (unpaired) electrons. The van der Waals surface area contributed by atoms with E-state index in [-0.39, 0.29) is 24.2 Å². The van der Waals surface area contributed by atoms with Gasteiger partial charge in [0.2, 0.25) is 5.91 Å². The second kappa shape index (κ2) is 9.63. The van der Waals surface area contributed by atoms with E-state index in [1.807, 2.05) is 58.0 Å². The van der Waals surface area contributed by atoms with Crippen LogP contribution in [-0.4, -0.2) is 45.6 Å². The number of carbonyl (C=O) groups is 1. The number of hydrogen-bond donors (Lipinski definition) is 3. The summed E-state index contributed by atoms with van der Waals surface area (Å²) in [4.78, 5) is 15.4. The third-order valence-electron chi connectivity index (χ3n) is 7.19. The van der Waals surface area contributed by atoms with Crippen molar-refractivity contribution in [1.29, 1.82) is 0 Å². The lowest BCUT2D eigenvalue weighted by molar-refractivity contribution is -0.134. The number of likely N-dealkylation sites (tertiary alicyclic amines) is 1. The average Bonchev–Trinajstić information content (AvgIpc) is 3.58. The summed E-state index contributed by atoms with van der Waals surface area (Å²) in [5, 5.41) is 22.5. The van der Waals surface area contributed by atoms with Crippen LogP contribution in [0.15, 0.2) is 64.2 Å². The Morgan fingerprint density at radius 3 is 2.59 bits per heavy atom. The summed E-state index contributed by atoms with van der Waals surface area (Å²) < 4.78 is 19.7. The Labute approximate surface area is 215 Å². The van der Waals surface area contributed by atoms with Crippen LogP contribution in [0.3, 0.4) is 0 Å². The Hall–Kier alpha value is -3.72. The van der Waals surface area contributed by atoms with Crippen LogP contribution in [0.2, 0.25) is 0 Å². The lowest BCUT2D eigenvalue weighted by atomic mass is 9.91. The quantitative estimate of drug-likeness (QED) is 0.470. The lowest BCUT2D eigenvalue weighted by Gasteiger charge is -2.31. The molecular formula is C28H32FN5O3. The van der Waals surface area contributed by atoms with Crippen molar-refractivity contribution >= 4 is 11.7 Å². The van der Waals surface area contributed by atoms with Gasteiger partial charge in [0.05, 0.1) is 17.8 Å². The van der Waals surface area contributed by atoms with E-state index in [1.54, 1.807) is 23.1 Å². The average molecular weight is 506 g/mol. The molecule has 1 amide bonds. The summed E-state index contributed by atoms with van der Waals surface area (Å²) in [5.41, 5.74) is 5.37. The zero-order valence-electron chi connectivity index (χ0n) is 21.4. The molecule has 0 saturated carbocycles. The maximum Gasteiger partial charge on any atom is 0.234 e. The Morgan fingerprint density at radius 2 is 1.95 bits per heavy atom. The van der Waals surface area contributed by atoms with Crippen molar-refractivity contribution in [2.24, 2.45) is 11.0 Å². The minimum absolute atomic E-state index is 0.0203. The number of amidine groups is 1. The van der Waals surface area contributed by atoms with Gasteiger partial charge in [-0.25, -0.2) is 4.39 Å². The molecule has 37 heavy (non-hydrogen) atoms. The molecule has 2 aliphatic heterocycles. The van der Waals surface area contributed by atoms with E-state index in [4.69, 9.17) is 4.52 Å². The van der Waals surface area contributed by atoms with Gasteiger partial charge in [-0.05, 0) is 37.0 Å². The second-order valence-electron chi connectivity index (χ2n) is 10.4. The van der Waals surface area contributed by atoms with E-state index in [2.05, 4.69) is 21.0 Å². The van der Waals surface area contributed by atoms with Crippen LogP contribution in [0.25, 0.3) is 11.1 Å². The molecule has 2 aliphatic rings. The van der Waals surface area contributed by atoms with Crippen molar-refractivity contribution in [2.45, 2.75) is 57.8 Å². The zero-order valence-corrected chi connectivity index (χ0v) is 21.4. The van der Waals surface area contributed by atoms with E-state index in [1.165, 1.54) is 6.07 Å². The van der Waals surface area contributed by atoms with Crippen molar-refractivity contribution in [1.82, 2.24) is 20.8 Å². The molecule has 0 aliphatic carbocycles. The number of aryl methyl sites for hydroxylation is 1. The molecule has 1 saturated heterocycles. The first-order chi connectivity index (χ1) is 17.7. The number of carbonyl (C=O) groups excluding carboxylic acids is 1. The van der Waals surface area contributed by atoms with Crippen LogP contribution in [0.5, 0.6) is 0 Å². The number of amides is 1. The number of rotatable bonds is 6. The predicted molar refractivity (Wildman–Crippen MR) is 138 cm³/mol. The van der Waals surface area contributed by atoms with Crippen LogP contribution < -0.4 is 10.7 Å². The molecule has 4 atom stereocenters. The maximum absolute atomic E-state index is 14.2. The molecule has 3 N–H and O–H groups in total. The number of aliphatic hydroxyl groups excluding tert-OH is 1. The van der Waals surface area contributed by atoms with Crippen LogP contribution in [0, 0.1) is 18.7 Å². The number of benzene rings is 2. The molecule has 194 valence electrons. The molecular weight excluding hydrogens is 473 g/mol. The van der Waals surface area contributed by atoms with Gasteiger partial charge in [0.15, 0.2) is 0 Å². The molecule has 1 unspecified atom stereocenters. The number of β-amino-alcohol motifs (C(OH)–C–C–N with tert-alkyl or cyclic N) is 1. The zero-order chi connectivity index (χ0) is 26.3. The molecule has 1 fully saturated rings. The highest BCUT2D eigenvalue weighted by molar-refractivity contribution is 5.95. The third-order valence-corrected chi connectivity index (χ3v) is 7.19. The minimum Gasteiger partial charge on any atom is -0.391 e. The van der Waals surface area contributed by atoms with Gasteiger partial charge < -0.3 is 19.8 Å². The van der Waals surface area contributed by atoms with Gasteiger partial charge in [0, 0.05) is 24.6 Å². The largest absolute Gasteiger partial charge is 0.391 e. The van der Waals surface area contributed by atoms with Crippen molar-refractivity contribution in [2.75, 3.05) is 6.54 Å². The number of aromatic nitrogens is 1. The summed E-state index contributed by atoms with van der Waals surface area (Å²) in [5.74, 6) is 0.182. The second-order valence-corrected chi connectivity index (χ2v) is 10.4. The summed E-state index contributed by atoms with van der Waals surface area (Å²) >= 11 is 0. The van der Waals surface area contributed by atoms with Crippen LogP contribution >= 0.6 is 0 Å². The summed E-state index contributed by atoms with van der Waals surface area (Å²) in [7, 11) is 0. The van der Waals surface area contributed by atoms with E-state index in [0.29, 0.717) is 29.3 Å². The Balaban J connectivity index is 1.35. The molecule has 3 aromatic rings. The molecule has 2 aromatic carbocycles. The molecule has 9 heteroatoms. The standard InChI is InChI=1S/C28H32FN5O3/c1-16(2)25(24-13-17(3)32-37-24)27(36)34-15-20(35)14-23(34)26-30-28(4,33-31-26)19-11-9-18(10-12-19)21-7-5-6-8-22(21)29/h5-13,16,20,23,25,33,35H,14-15H2,1-4H3,(H,30,31)/t20-,23+,25+,28?/m1/s1. The highest BCUT2D eigenvalue weighted by Gasteiger charge is 2.45. The van der Waals surface area contributed by atoms with Crippen molar-refractivity contribution in [3.8, 4) is 11.1 Å². The van der Waals surface area contributed by atoms with E-state index in [9.17, 15) is 14.3 Å². The van der Waals surface area contributed by atoms with Gasteiger partial charge in [-0.2, -0.15) is 5.10 Å². The monoisotopic (exact) mass is 505 g/mol. The van der Waals surface area contributed by atoms with Crippen LogP contribution in [0.4, 0.5) is 4.39 Å². The van der Waals surface area contributed by atoms with Gasteiger partial charge in [-0.15, -0.1) is 0 Å². The minimum atomic E-state index is -0.731. The first-order valence-electron chi connectivity index (χ1n) is 12.6. The number of nitrogens with one attached hydrogen (secondary N) is 2. The van der Waals surface area contributed by atoms with E-state index >= 15 is 0 Å². The molecule has 0 spiro atoms. The Bertz CT molecular complexity index is 1320. The summed E-state index contributed by atoms with van der Waals surface area (Å²) in [6.07, 6.45) is -0.281. The van der Waals surface area contributed by atoms with Gasteiger partial charge in [-0.1, -0.05) is 61.5 Å². The Kier molecular flexibility index (Phi) is 6.49. The number of hydrogen-bond acceptors (Lipinski definition) is 7. The molecule has 1 aromatic heterocycles. The SMILES string of the molecule is Cc1cc([C@@H](C(=O)N2C[C@H](O)C[C@H]2C2=NNC(C)(c3ccc(-c4ccccc4F)cc3)N2)C(C)C)on1. The van der Waals surface area contributed by atoms with Gasteiger partial charge in [0.1, 0.15) is 29.0 Å². The first-order valence-corrected chi connectivity index (χ1v) is 12.6. The maximum atomic E-state index is 14.2. The van der Waals surface area contributed by atoms with Gasteiger partial charge in [0.25, 0.3) is 0 Å². The lowest BCUT2D eigenvalue weighted by Crippen LogP contribution is -2.52. The van der Waals surface area contributed by atoms with Crippen LogP contribution in [0.1, 0.15) is 50.1 Å². The topological polar surface area (TPSA) is 103 Å². The fourth-order valence-electron chi connectivity index (χ4n) is 5.22. The normalized spacial score (nSPS) is 24.1. The fraction of sp³-hybridized carbons (Fsp3) is 0.393. The number of nitrogens with zero attached hydrogens (tertiary/aromatic N) is 3. The summed E-state index contributed by atoms with van der Waals surface area (Å²) in [6, 6.07) is 15.7. The number of halogens is 1. The number of hydrazone groups is 1. The molecule has 8 nitrogen and oxygen atoms in total. The fourth-order valence-corrected chi connectivity index (χ4v) is 5.22. The highest BCUT2D eigenvalue weighted by Crippen LogP contribution is 2.33. The van der Waals surface area contributed by atoms with Crippen molar-refractivity contribution in [3.05, 3.63) is 77.4 Å². The van der Waals surface area contributed by atoms with Crippen molar-refractivity contribution < 1.29 is 18.8 Å².